The quantitative estimate of drug-likeness (QED) is 0.798. The molecule has 2 heterocycles. The molecule has 1 aliphatic rings. The third-order valence-electron chi connectivity index (χ3n) is 4.03. The number of nitrogens with zero attached hydrogens (tertiary/aromatic N) is 1. The van der Waals surface area contributed by atoms with E-state index in [1.165, 1.54) is 5.69 Å². The smallest absolute Gasteiger partial charge is 0.0468 e. The molecular formula is C19H19NO. The summed E-state index contributed by atoms with van der Waals surface area (Å²) >= 11 is 0. The predicted octanol–water partition coefficient (Wildman–Crippen LogP) is 3.70. The number of aromatic nitrogens is 1. The van der Waals surface area contributed by atoms with Gasteiger partial charge in [-0.25, -0.2) is 0 Å². The molecule has 21 heavy (non-hydrogen) atoms. The molecule has 1 aromatic heterocycles. The fourth-order valence-corrected chi connectivity index (χ4v) is 2.75. The monoisotopic (exact) mass is 277 g/mol. The van der Waals surface area contributed by atoms with Gasteiger partial charge in [-0.2, -0.15) is 0 Å². The van der Waals surface area contributed by atoms with Crippen LogP contribution in [0, 0.1) is 18.3 Å². The topological polar surface area (TPSA) is 22.1 Å². The van der Waals surface area contributed by atoms with E-state index in [1.54, 1.807) is 0 Å². The number of hydrogen-bond acceptors (Lipinski definition) is 2. The van der Waals surface area contributed by atoms with E-state index in [9.17, 15) is 0 Å². The molecule has 1 aromatic carbocycles. The highest BCUT2D eigenvalue weighted by Crippen LogP contribution is 2.22. The third-order valence-corrected chi connectivity index (χ3v) is 4.03. The van der Waals surface area contributed by atoms with Gasteiger partial charge in [0.2, 0.25) is 0 Å². The molecule has 0 radical (unpaired) electrons. The van der Waals surface area contributed by atoms with Gasteiger partial charge in [-0.3, -0.25) is 4.98 Å². The zero-order valence-corrected chi connectivity index (χ0v) is 12.1. The Kier molecular flexibility index (Phi) is 4.33. The fourth-order valence-electron chi connectivity index (χ4n) is 2.75. The molecule has 3 rings (SSSR count). The molecule has 0 aliphatic carbocycles. The highest BCUT2D eigenvalue weighted by molar-refractivity contribution is 5.64. The van der Waals surface area contributed by atoms with E-state index in [4.69, 9.17) is 11.2 Å². The van der Waals surface area contributed by atoms with E-state index in [2.05, 4.69) is 29.1 Å². The molecule has 0 saturated carbocycles. The average molecular weight is 277 g/mol. The summed E-state index contributed by atoms with van der Waals surface area (Å²) in [5, 5.41) is 0. The highest BCUT2D eigenvalue weighted by atomic mass is 16.5. The van der Waals surface area contributed by atoms with Crippen LogP contribution >= 0.6 is 0 Å². The molecule has 1 fully saturated rings. The van der Waals surface area contributed by atoms with E-state index >= 15 is 0 Å². The standard InChI is InChI=1S/C19H19NO/c1-2-15-4-3-5-17(12-15)18-6-7-19(20-14-18)13-16-8-10-21-11-9-16/h1,3-7,12,14,16H,8-11,13H2. The average Bonchev–Trinajstić information content (AvgIpc) is 2.56. The van der Waals surface area contributed by atoms with Crippen LogP contribution < -0.4 is 0 Å². The van der Waals surface area contributed by atoms with Crippen molar-refractivity contribution >= 4 is 0 Å². The Morgan fingerprint density at radius 2 is 2.00 bits per heavy atom. The Balaban J connectivity index is 1.72. The van der Waals surface area contributed by atoms with Crippen molar-refractivity contribution in [1.29, 1.82) is 0 Å². The van der Waals surface area contributed by atoms with Gasteiger partial charge in [0, 0.05) is 36.2 Å². The molecule has 2 aromatic rings. The maximum atomic E-state index is 5.45. The lowest BCUT2D eigenvalue weighted by Crippen LogP contribution is -2.17. The Morgan fingerprint density at radius 1 is 1.14 bits per heavy atom. The lowest BCUT2D eigenvalue weighted by atomic mass is 9.94. The van der Waals surface area contributed by atoms with Gasteiger partial charge in [0.05, 0.1) is 0 Å². The molecule has 0 bridgehead atoms. The number of hydrogen-bond donors (Lipinski definition) is 0. The van der Waals surface area contributed by atoms with E-state index < -0.39 is 0 Å². The van der Waals surface area contributed by atoms with E-state index in [0.29, 0.717) is 5.92 Å². The Hall–Kier alpha value is -2.11. The van der Waals surface area contributed by atoms with Crippen LogP contribution in [0.3, 0.4) is 0 Å². The highest BCUT2D eigenvalue weighted by Gasteiger charge is 2.14. The van der Waals surface area contributed by atoms with Crippen molar-refractivity contribution in [2.45, 2.75) is 19.3 Å². The molecular weight excluding hydrogens is 258 g/mol. The molecule has 0 amide bonds. The Morgan fingerprint density at radius 3 is 2.71 bits per heavy atom. The summed E-state index contributed by atoms with van der Waals surface area (Å²) in [4.78, 5) is 4.61. The first-order valence-electron chi connectivity index (χ1n) is 7.45. The lowest BCUT2D eigenvalue weighted by molar-refractivity contribution is 0.0663. The number of terminal acetylenes is 1. The largest absolute Gasteiger partial charge is 0.381 e. The zero-order chi connectivity index (χ0) is 14.5. The Labute approximate surface area is 126 Å². The van der Waals surface area contributed by atoms with Gasteiger partial charge in [0.25, 0.3) is 0 Å². The molecule has 0 N–H and O–H groups in total. The molecule has 0 atom stereocenters. The van der Waals surface area contributed by atoms with Gasteiger partial charge in [-0.05, 0) is 48.9 Å². The van der Waals surface area contributed by atoms with Crippen LogP contribution in [0.1, 0.15) is 24.1 Å². The number of rotatable bonds is 3. The van der Waals surface area contributed by atoms with Crippen molar-refractivity contribution in [2.75, 3.05) is 13.2 Å². The SMILES string of the molecule is C#Cc1cccc(-c2ccc(CC3CCOCC3)nc2)c1. The Bertz CT molecular complexity index is 633. The van der Waals surface area contributed by atoms with Crippen LogP contribution in [0.5, 0.6) is 0 Å². The fraction of sp³-hybridized carbons (Fsp3) is 0.316. The van der Waals surface area contributed by atoms with Crippen LogP contribution in [0.25, 0.3) is 11.1 Å². The zero-order valence-electron chi connectivity index (χ0n) is 12.1. The van der Waals surface area contributed by atoms with Crippen molar-refractivity contribution in [2.24, 2.45) is 5.92 Å². The van der Waals surface area contributed by atoms with Gasteiger partial charge in [-0.1, -0.05) is 24.1 Å². The summed E-state index contributed by atoms with van der Waals surface area (Å²) in [6, 6.07) is 12.3. The summed E-state index contributed by atoms with van der Waals surface area (Å²) in [7, 11) is 0. The molecule has 1 saturated heterocycles. The minimum Gasteiger partial charge on any atom is -0.381 e. The summed E-state index contributed by atoms with van der Waals surface area (Å²) in [5.41, 5.74) is 4.30. The first-order chi connectivity index (χ1) is 10.3. The minimum absolute atomic E-state index is 0.710. The maximum Gasteiger partial charge on any atom is 0.0468 e. The van der Waals surface area contributed by atoms with Crippen LogP contribution in [0.15, 0.2) is 42.6 Å². The molecule has 2 heteroatoms. The summed E-state index contributed by atoms with van der Waals surface area (Å²) in [6.07, 6.45) is 10.7. The number of ether oxygens (including phenoxy) is 1. The number of pyridine rings is 1. The first-order valence-corrected chi connectivity index (χ1v) is 7.45. The van der Waals surface area contributed by atoms with Crippen LogP contribution in [0.2, 0.25) is 0 Å². The molecule has 2 nitrogen and oxygen atoms in total. The molecule has 1 aliphatic heterocycles. The molecule has 0 spiro atoms. The van der Waals surface area contributed by atoms with E-state index in [1.807, 2.05) is 24.4 Å². The maximum absolute atomic E-state index is 5.45. The van der Waals surface area contributed by atoms with Crippen LogP contribution in [0.4, 0.5) is 0 Å². The molecule has 0 unspecified atom stereocenters. The van der Waals surface area contributed by atoms with Crippen LogP contribution in [-0.2, 0) is 11.2 Å². The van der Waals surface area contributed by atoms with E-state index in [-0.39, 0.29) is 0 Å². The van der Waals surface area contributed by atoms with Gasteiger partial charge in [-0.15, -0.1) is 6.42 Å². The van der Waals surface area contributed by atoms with Gasteiger partial charge in [0.1, 0.15) is 0 Å². The number of benzene rings is 1. The third kappa shape index (κ3) is 3.51. The van der Waals surface area contributed by atoms with Crippen molar-refractivity contribution in [1.82, 2.24) is 4.98 Å². The van der Waals surface area contributed by atoms with Crippen molar-refractivity contribution in [3.05, 3.63) is 53.9 Å². The summed E-state index contributed by atoms with van der Waals surface area (Å²) in [6.45, 7) is 1.78. The lowest BCUT2D eigenvalue weighted by Gasteiger charge is -2.21. The van der Waals surface area contributed by atoms with Crippen molar-refractivity contribution < 1.29 is 4.74 Å². The first kappa shape index (κ1) is 13.9. The second-order valence-electron chi connectivity index (χ2n) is 5.52. The minimum atomic E-state index is 0.710. The predicted molar refractivity (Wildman–Crippen MR) is 84.9 cm³/mol. The second kappa shape index (κ2) is 6.56. The van der Waals surface area contributed by atoms with Crippen molar-refractivity contribution in [3.8, 4) is 23.5 Å². The normalized spacial score (nSPS) is 15.6. The van der Waals surface area contributed by atoms with E-state index in [0.717, 1.165) is 49.2 Å². The van der Waals surface area contributed by atoms with Gasteiger partial charge >= 0.3 is 0 Å². The molecule has 106 valence electrons. The van der Waals surface area contributed by atoms with Crippen LogP contribution in [-0.4, -0.2) is 18.2 Å². The second-order valence-corrected chi connectivity index (χ2v) is 5.52. The van der Waals surface area contributed by atoms with Gasteiger partial charge in [0.15, 0.2) is 0 Å². The van der Waals surface area contributed by atoms with Gasteiger partial charge < -0.3 is 4.74 Å². The summed E-state index contributed by atoms with van der Waals surface area (Å²) in [5.74, 6) is 3.38. The summed E-state index contributed by atoms with van der Waals surface area (Å²) < 4.78 is 5.40. The van der Waals surface area contributed by atoms with Crippen molar-refractivity contribution in [3.63, 3.8) is 0 Å².